The Morgan fingerprint density at radius 2 is 1.58 bits per heavy atom. The number of fused-ring (bicyclic) bond motifs is 7. The summed E-state index contributed by atoms with van der Waals surface area (Å²) in [5.74, 6) is 1.77. The monoisotopic (exact) mass is 445 g/mol. The van der Waals surface area contributed by atoms with Crippen LogP contribution in [0.4, 0.5) is 0 Å². The molecular weight excluding hydrogens is 418 g/mol. The van der Waals surface area contributed by atoms with Crippen LogP contribution >= 0.6 is 0 Å². The molecule has 8 heteroatoms. The molecule has 31 heavy (non-hydrogen) atoms. The third-order valence-electron chi connectivity index (χ3n) is 6.13. The number of nitrogens with zero attached hydrogens (tertiary/aromatic N) is 1. The summed E-state index contributed by atoms with van der Waals surface area (Å²) in [4.78, 5) is 2.62. The topological polar surface area (TPSA) is 96.3 Å². The van der Waals surface area contributed by atoms with Crippen molar-refractivity contribution in [3.8, 4) is 17.2 Å². The maximum atomic E-state index is 10.1. The molecule has 0 spiro atoms. The summed E-state index contributed by atoms with van der Waals surface area (Å²) in [7, 11) is -0.323. The van der Waals surface area contributed by atoms with Gasteiger partial charge in [0.25, 0.3) is 10.1 Å². The number of hydrogen-bond acceptors (Lipinski definition) is 6. The molecule has 0 unspecified atom stereocenters. The zero-order valence-electron chi connectivity index (χ0n) is 17.9. The SMILES string of the molecule is COc1cc2c3c(c4ccc(O)cc4c2cc1OC)C[C@H]1CCCN1C3.CS(=O)(=O)O. The first-order valence-electron chi connectivity index (χ1n) is 10.2. The molecule has 1 saturated heterocycles. The summed E-state index contributed by atoms with van der Waals surface area (Å²) in [6.07, 6.45) is 4.36. The van der Waals surface area contributed by atoms with Crippen molar-refractivity contribution < 1.29 is 27.6 Å². The van der Waals surface area contributed by atoms with Crippen LogP contribution in [0.2, 0.25) is 0 Å². The van der Waals surface area contributed by atoms with E-state index in [1.807, 2.05) is 12.1 Å². The van der Waals surface area contributed by atoms with Crippen molar-refractivity contribution in [1.29, 1.82) is 0 Å². The molecule has 5 rings (SSSR count). The van der Waals surface area contributed by atoms with E-state index in [2.05, 4.69) is 17.0 Å². The number of phenolic OH excluding ortho intramolecular Hbond substituents is 1. The van der Waals surface area contributed by atoms with E-state index in [1.54, 1.807) is 20.3 Å². The highest BCUT2D eigenvalue weighted by Gasteiger charge is 2.32. The summed E-state index contributed by atoms with van der Waals surface area (Å²) in [6.45, 7) is 2.18. The van der Waals surface area contributed by atoms with Gasteiger partial charge in [-0.15, -0.1) is 0 Å². The fourth-order valence-corrected chi connectivity index (χ4v) is 4.88. The molecular formula is C23H27NO6S. The standard InChI is InChI=1S/C22H23NO3.CH4O3S/c1-25-21-10-18-17-9-14(24)5-6-15(17)16-8-13-4-3-7-23(13)12-20(16)19(18)11-22(21)26-2;1-5(2,3)4/h5-6,9-11,13,24H,3-4,7-8,12H2,1-2H3;1H3,(H,2,3,4)/t13-;/m1./s1. The average molecular weight is 446 g/mol. The number of phenols is 1. The maximum absolute atomic E-state index is 10.1. The lowest BCUT2D eigenvalue weighted by atomic mass is 9.85. The van der Waals surface area contributed by atoms with Crippen molar-refractivity contribution in [2.45, 2.75) is 31.8 Å². The summed E-state index contributed by atoms with van der Waals surface area (Å²) < 4.78 is 37.0. The average Bonchev–Trinajstić information content (AvgIpc) is 3.17. The van der Waals surface area contributed by atoms with E-state index < -0.39 is 10.1 Å². The Morgan fingerprint density at radius 3 is 2.23 bits per heavy atom. The zero-order chi connectivity index (χ0) is 22.3. The number of benzene rings is 3. The Balaban J connectivity index is 0.000000418. The van der Waals surface area contributed by atoms with E-state index in [9.17, 15) is 13.5 Å². The number of hydrogen-bond donors (Lipinski definition) is 2. The fourth-order valence-electron chi connectivity index (χ4n) is 4.88. The molecule has 1 fully saturated rings. The Kier molecular flexibility index (Phi) is 5.72. The van der Waals surface area contributed by atoms with Gasteiger partial charge in [0.15, 0.2) is 11.5 Å². The minimum Gasteiger partial charge on any atom is -0.508 e. The van der Waals surface area contributed by atoms with E-state index in [1.165, 1.54) is 41.3 Å². The van der Waals surface area contributed by atoms with E-state index >= 15 is 0 Å². The molecule has 0 saturated carbocycles. The number of rotatable bonds is 2. The molecule has 1 atom stereocenters. The summed E-state index contributed by atoms with van der Waals surface area (Å²) >= 11 is 0. The van der Waals surface area contributed by atoms with Crippen LogP contribution in [0.5, 0.6) is 17.2 Å². The first-order valence-corrected chi connectivity index (χ1v) is 12.0. The van der Waals surface area contributed by atoms with Crippen molar-refractivity contribution in [3.63, 3.8) is 0 Å². The highest BCUT2D eigenvalue weighted by atomic mass is 32.2. The quantitative estimate of drug-likeness (QED) is 0.458. The molecule has 0 aliphatic carbocycles. The molecule has 0 amide bonds. The summed E-state index contributed by atoms with van der Waals surface area (Å²) in [5, 5.41) is 14.8. The Bertz CT molecular complexity index is 1250. The van der Waals surface area contributed by atoms with Crippen LogP contribution in [0.25, 0.3) is 21.5 Å². The molecule has 2 aliphatic heterocycles. The fraction of sp³-hybridized carbons (Fsp3) is 0.391. The zero-order valence-corrected chi connectivity index (χ0v) is 18.7. The van der Waals surface area contributed by atoms with Crippen molar-refractivity contribution in [2.24, 2.45) is 0 Å². The van der Waals surface area contributed by atoms with Gasteiger partial charge in [-0.3, -0.25) is 9.45 Å². The van der Waals surface area contributed by atoms with Crippen LogP contribution in [-0.4, -0.2) is 56.0 Å². The van der Waals surface area contributed by atoms with Crippen molar-refractivity contribution in [2.75, 3.05) is 27.0 Å². The lowest BCUT2D eigenvalue weighted by Gasteiger charge is -2.33. The van der Waals surface area contributed by atoms with E-state index in [4.69, 9.17) is 14.0 Å². The number of methoxy groups -OCH3 is 2. The smallest absolute Gasteiger partial charge is 0.261 e. The second kappa shape index (κ2) is 8.18. The molecule has 2 aliphatic rings. The Morgan fingerprint density at radius 1 is 0.968 bits per heavy atom. The predicted molar refractivity (Wildman–Crippen MR) is 121 cm³/mol. The normalized spacial score (nSPS) is 18.3. The first-order chi connectivity index (χ1) is 14.7. The van der Waals surface area contributed by atoms with Gasteiger partial charge in [-0.05, 0) is 82.7 Å². The Labute approximate surface area is 181 Å². The lowest BCUT2D eigenvalue weighted by molar-refractivity contribution is 0.229. The second-order valence-corrected chi connectivity index (χ2v) is 9.61. The van der Waals surface area contributed by atoms with E-state index in [0.717, 1.165) is 35.2 Å². The van der Waals surface area contributed by atoms with Crippen LogP contribution in [0.15, 0.2) is 30.3 Å². The molecule has 166 valence electrons. The molecule has 0 radical (unpaired) electrons. The van der Waals surface area contributed by atoms with Crippen LogP contribution in [0.3, 0.4) is 0 Å². The molecule has 3 aromatic rings. The maximum Gasteiger partial charge on any atom is 0.261 e. The molecule has 0 bridgehead atoms. The molecule has 2 N–H and O–H groups in total. The van der Waals surface area contributed by atoms with Crippen LogP contribution in [-0.2, 0) is 23.1 Å². The van der Waals surface area contributed by atoms with Crippen LogP contribution in [0, 0.1) is 0 Å². The number of aromatic hydroxyl groups is 1. The third kappa shape index (κ3) is 4.28. The van der Waals surface area contributed by atoms with Crippen molar-refractivity contribution in [1.82, 2.24) is 4.90 Å². The van der Waals surface area contributed by atoms with Gasteiger partial charge in [-0.25, -0.2) is 0 Å². The molecule has 0 aromatic heterocycles. The van der Waals surface area contributed by atoms with Gasteiger partial charge in [0.05, 0.1) is 20.5 Å². The largest absolute Gasteiger partial charge is 0.508 e. The van der Waals surface area contributed by atoms with Gasteiger partial charge in [-0.1, -0.05) is 6.07 Å². The second-order valence-electron chi connectivity index (χ2n) is 8.14. The predicted octanol–water partition coefficient (Wildman–Crippen LogP) is 3.74. The van der Waals surface area contributed by atoms with Crippen LogP contribution in [0.1, 0.15) is 24.0 Å². The van der Waals surface area contributed by atoms with Crippen LogP contribution < -0.4 is 9.47 Å². The molecule has 2 heterocycles. The lowest BCUT2D eigenvalue weighted by Crippen LogP contribution is -2.35. The molecule has 3 aromatic carbocycles. The molecule has 7 nitrogen and oxygen atoms in total. The van der Waals surface area contributed by atoms with Gasteiger partial charge >= 0.3 is 0 Å². The van der Waals surface area contributed by atoms with E-state index in [0.29, 0.717) is 18.0 Å². The van der Waals surface area contributed by atoms with Crippen molar-refractivity contribution >= 4 is 31.7 Å². The highest BCUT2D eigenvalue weighted by molar-refractivity contribution is 7.85. The highest BCUT2D eigenvalue weighted by Crippen LogP contribution is 2.44. The van der Waals surface area contributed by atoms with Gasteiger partial charge in [0, 0.05) is 12.6 Å². The van der Waals surface area contributed by atoms with Gasteiger partial charge < -0.3 is 14.6 Å². The van der Waals surface area contributed by atoms with Crippen molar-refractivity contribution in [3.05, 3.63) is 41.5 Å². The summed E-state index contributed by atoms with van der Waals surface area (Å²) in [5.41, 5.74) is 2.83. The minimum atomic E-state index is -3.67. The third-order valence-corrected chi connectivity index (χ3v) is 6.13. The van der Waals surface area contributed by atoms with Gasteiger partial charge in [0.1, 0.15) is 5.75 Å². The van der Waals surface area contributed by atoms with Gasteiger partial charge in [-0.2, -0.15) is 8.42 Å². The van der Waals surface area contributed by atoms with E-state index in [-0.39, 0.29) is 0 Å². The summed E-state index contributed by atoms with van der Waals surface area (Å²) in [6, 6.07) is 10.6. The Hall–Kier alpha value is -2.55. The first kappa shape index (κ1) is 21.7. The number of ether oxygens (including phenoxy) is 2. The van der Waals surface area contributed by atoms with Gasteiger partial charge in [0.2, 0.25) is 0 Å². The minimum absolute atomic E-state index is 0.298.